The summed E-state index contributed by atoms with van der Waals surface area (Å²) >= 11 is 1.57. The Bertz CT molecular complexity index is 311. The van der Waals surface area contributed by atoms with E-state index in [1.807, 2.05) is 18.2 Å². The average molecular weight is 263 g/mol. The highest BCUT2D eigenvalue weighted by Gasteiger charge is 2.12. The van der Waals surface area contributed by atoms with Gasteiger partial charge in [0.15, 0.2) is 0 Å². The third-order valence-electron chi connectivity index (χ3n) is 1.78. The zero-order chi connectivity index (χ0) is 11.1. The fourth-order valence-corrected chi connectivity index (χ4v) is 1.88. The Kier molecular flexibility index (Phi) is 7.97. The minimum atomic E-state index is -0.552. The third kappa shape index (κ3) is 5.34. The van der Waals surface area contributed by atoms with E-state index in [2.05, 4.69) is 9.72 Å². The summed E-state index contributed by atoms with van der Waals surface area (Å²) < 4.78 is 4.52. The summed E-state index contributed by atoms with van der Waals surface area (Å²) in [5, 5.41) is 0. The van der Waals surface area contributed by atoms with Crippen molar-refractivity contribution < 1.29 is 9.53 Å². The van der Waals surface area contributed by atoms with E-state index in [0.29, 0.717) is 5.75 Å². The number of halogens is 1. The highest BCUT2D eigenvalue weighted by atomic mass is 35.5. The first kappa shape index (κ1) is 15.2. The molecule has 0 aliphatic heterocycles. The van der Waals surface area contributed by atoms with Crippen LogP contribution in [-0.2, 0) is 15.3 Å². The summed E-state index contributed by atoms with van der Waals surface area (Å²) in [5.74, 6) is 0.929. The van der Waals surface area contributed by atoms with E-state index >= 15 is 0 Å². The quantitative estimate of drug-likeness (QED) is 0.809. The lowest BCUT2D eigenvalue weighted by atomic mass is 10.4. The van der Waals surface area contributed by atoms with Gasteiger partial charge < -0.3 is 10.5 Å². The molecule has 0 aliphatic rings. The molecule has 0 saturated carbocycles. The number of methoxy groups -OCH3 is 1. The number of hydrogen-bond acceptors (Lipinski definition) is 5. The molecule has 90 valence electrons. The first-order chi connectivity index (χ1) is 7.24. The second-order valence-electron chi connectivity index (χ2n) is 2.97. The lowest BCUT2D eigenvalue weighted by Crippen LogP contribution is -2.33. The van der Waals surface area contributed by atoms with Gasteiger partial charge in [-0.3, -0.25) is 9.78 Å². The minimum absolute atomic E-state index is 0. The van der Waals surface area contributed by atoms with Gasteiger partial charge in [-0.05, 0) is 12.1 Å². The second kappa shape index (κ2) is 8.38. The monoisotopic (exact) mass is 262 g/mol. The summed E-state index contributed by atoms with van der Waals surface area (Å²) in [6.45, 7) is 0. The maximum absolute atomic E-state index is 11.0. The van der Waals surface area contributed by atoms with Crippen LogP contribution in [0.1, 0.15) is 5.69 Å². The number of nitrogens with two attached hydrogens (primary N) is 1. The molecule has 1 rings (SSSR count). The number of thioether (sulfide) groups is 1. The van der Waals surface area contributed by atoms with Gasteiger partial charge in [0, 0.05) is 17.7 Å². The summed E-state index contributed by atoms with van der Waals surface area (Å²) in [6.07, 6.45) is 1.75. The molecule has 4 nitrogen and oxygen atoms in total. The number of carbonyl (C=O) groups excluding carboxylic acids is 1. The first-order valence-corrected chi connectivity index (χ1v) is 5.70. The number of pyridine rings is 1. The number of nitrogens with zero attached hydrogens (tertiary/aromatic N) is 1. The lowest BCUT2D eigenvalue weighted by Gasteiger charge is -2.07. The molecule has 0 amide bonds. The first-order valence-electron chi connectivity index (χ1n) is 4.55. The predicted octanol–water partition coefficient (Wildman–Crippen LogP) is 1.24. The van der Waals surface area contributed by atoms with E-state index in [9.17, 15) is 4.79 Å². The van der Waals surface area contributed by atoms with Crippen LogP contribution in [0.25, 0.3) is 0 Å². The maximum Gasteiger partial charge on any atom is 0.323 e. The maximum atomic E-state index is 11.0. The third-order valence-corrected chi connectivity index (χ3v) is 2.87. The molecule has 16 heavy (non-hydrogen) atoms. The summed E-state index contributed by atoms with van der Waals surface area (Å²) in [5.41, 5.74) is 6.56. The van der Waals surface area contributed by atoms with Gasteiger partial charge in [-0.1, -0.05) is 6.07 Å². The number of rotatable bonds is 5. The molecule has 0 aliphatic carbocycles. The van der Waals surface area contributed by atoms with Gasteiger partial charge in [-0.2, -0.15) is 11.8 Å². The Hall–Kier alpha value is -0.780. The van der Waals surface area contributed by atoms with Crippen LogP contribution < -0.4 is 5.73 Å². The van der Waals surface area contributed by atoms with Crippen molar-refractivity contribution in [3.8, 4) is 0 Å². The molecule has 1 aromatic rings. The molecule has 1 aromatic heterocycles. The van der Waals surface area contributed by atoms with E-state index in [1.165, 1.54) is 7.11 Å². The van der Waals surface area contributed by atoms with Crippen LogP contribution in [0.4, 0.5) is 0 Å². The Labute approximate surface area is 105 Å². The number of esters is 1. The van der Waals surface area contributed by atoms with Gasteiger partial charge >= 0.3 is 5.97 Å². The van der Waals surface area contributed by atoms with Gasteiger partial charge in [-0.25, -0.2) is 0 Å². The van der Waals surface area contributed by atoms with E-state index in [-0.39, 0.29) is 18.4 Å². The summed E-state index contributed by atoms with van der Waals surface area (Å²) in [4.78, 5) is 15.1. The fraction of sp³-hybridized carbons (Fsp3) is 0.400. The molecule has 0 fully saturated rings. The minimum Gasteiger partial charge on any atom is -0.468 e. The van der Waals surface area contributed by atoms with Crippen LogP contribution in [0, 0.1) is 0 Å². The van der Waals surface area contributed by atoms with Crippen LogP contribution in [0.5, 0.6) is 0 Å². The van der Waals surface area contributed by atoms with Gasteiger partial charge in [0.1, 0.15) is 6.04 Å². The SMILES string of the molecule is COC(=O)[C@@H](N)CSCc1ccccn1.Cl. The van der Waals surface area contributed by atoms with Crippen LogP contribution in [0.3, 0.4) is 0 Å². The highest BCUT2D eigenvalue weighted by Crippen LogP contribution is 2.10. The largest absolute Gasteiger partial charge is 0.468 e. The smallest absolute Gasteiger partial charge is 0.323 e. The van der Waals surface area contributed by atoms with Gasteiger partial charge in [0.25, 0.3) is 0 Å². The van der Waals surface area contributed by atoms with Crippen molar-refractivity contribution in [2.75, 3.05) is 12.9 Å². The van der Waals surface area contributed by atoms with E-state index in [1.54, 1.807) is 18.0 Å². The van der Waals surface area contributed by atoms with Gasteiger partial charge in [0.05, 0.1) is 12.8 Å². The molecule has 0 spiro atoms. The molecule has 0 aromatic carbocycles. The van der Waals surface area contributed by atoms with E-state index < -0.39 is 6.04 Å². The number of ether oxygens (including phenoxy) is 1. The standard InChI is InChI=1S/C10H14N2O2S.ClH/c1-14-10(13)9(11)7-15-6-8-4-2-3-5-12-8;/h2-5,9H,6-7,11H2,1H3;1H/t9-;/m0./s1. The Morgan fingerprint density at radius 1 is 1.62 bits per heavy atom. The fourth-order valence-electron chi connectivity index (χ4n) is 0.993. The van der Waals surface area contributed by atoms with Crippen molar-refractivity contribution in [2.45, 2.75) is 11.8 Å². The Morgan fingerprint density at radius 3 is 2.94 bits per heavy atom. The second-order valence-corrected chi connectivity index (χ2v) is 4.00. The van der Waals surface area contributed by atoms with Crippen LogP contribution in [-0.4, -0.2) is 29.9 Å². The zero-order valence-electron chi connectivity index (χ0n) is 8.96. The molecule has 0 bridgehead atoms. The van der Waals surface area contributed by atoms with Crippen molar-refractivity contribution in [1.82, 2.24) is 4.98 Å². The average Bonchev–Trinajstić information content (AvgIpc) is 2.29. The van der Waals surface area contributed by atoms with E-state index in [0.717, 1.165) is 11.4 Å². The van der Waals surface area contributed by atoms with Gasteiger partial charge in [-0.15, -0.1) is 12.4 Å². The summed E-state index contributed by atoms with van der Waals surface area (Å²) in [6, 6.07) is 5.19. The topological polar surface area (TPSA) is 65.2 Å². The van der Waals surface area contributed by atoms with Gasteiger partial charge in [0.2, 0.25) is 0 Å². The van der Waals surface area contributed by atoms with Crippen molar-refractivity contribution >= 4 is 30.1 Å². The van der Waals surface area contributed by atoms with Crippen molar-refractivity contribution in [3.63, 3.8) is 0 Å². The molecule has 0 saturated heterocycles. The van der Waals surface area contributed by atoms with E-state index in [4.69, 9.17) is 5.73 Å². The number of carbonyl (C=O) groups is 1. The molecule has 2 N–H and O–H groups in total. The molecule has 1 atom stereocenters. The van der Waals surface area contributed by atoms with Crippen molar-refractivity contribution in [3.05, 3.63) is 30.1 Å². The van der Waals surface area contributed by atoms with Crippen molar-refractivity contribution in [1.29, 1.82) is 0 Å². The molecular weight excluding hydrogens is 248 g/mol. The molecule has 0 radical (unpaired) electrons. The van der Waals surface area contributed by atoms with Crippen LogP contribution in [0.15, 0.2) is 24.4 Å². The Balaban J connectivity index is 0.00000225. The molecule has 1 heterocycles. The Morgan fingerprint density at radius 2 is 2.38 bits per heavy atom. The van der Waals surface area contributed by atoms with Crippen molar-refractivity contribution in [2.24, 2.45) is 5.73 Å². The number of hydrogen-bond donors (Lipinski definition) is 1. The molecule has 6 heteroatoms. The lowest BCUT2D eigenvalue weighted by molar-refractivity contribution is -0.141. The van der Waals surface area contributed by atoms with Crippen LogP contribution in [0.2, 0.25) is 0 Å². The zero-order valence-corrected chi connectivity index (χ0v) is 10.6. The van der Waals surface area contributed by atoms with Crippen LogP contribution >= 0.6 is 24.2 Å². The molecular formula is C10H15ClN2O2S. The number of aromatic nitrogens is 1. The summed E-state index contributed by atoms with van der Waals surface area (Å²) in [7, 11) is 1.34. The highest BCUT2D eigenvalue weighted by molar-refractivity contribution is 7.98. The normalized spacial score (nSPS) is 11.4. The predicted molar refractivity (Wildman–Crippen MR) is 67.6 cm³/mol. The molecule has 0 unspecified atom stereocenters.